The number of benzene rings is 2. The van der Waals surface area contributed by atoms with Crippen LogP contribution in [-0.4, -0.2) is 63.2 Å². The first-order chi connectivity index (χ1) is 15.6. The number of fused-ring (bicyclic) bond motifs is 2. The summed E-state index contributed by atoms with van der Waals surface area (Å²) in [5, 5.41) is 9.50. The number of H-pyrrole nitrogens is 1. The lowest BCUT2D eigenvalue weighted by Gasteiger charge is -2.33. The second kappa shape index (κ2) is 7.35. The van der Waals surface area contributed by atoms with E-state index in [1.165, 1.54) is 0 Å². The third-order valence-electron chi connectivity index (χ3n) is 5.93. The van der Waals surface area contributed by atoms with Crippen LogP contribution in [0.15, 0.2) is 59.0 Å². The van der Waals surface area contributed by atoms with Gasteiger partial charge in [-0.3, -0.25) is 0 Å². The van der Waals surface area contributed by atoms with E-state index in [2.05, 4.69) is 32.9 Å². The largest absolute Gasteiger partial charge is 0.508 e. The van der Waals surface area contributed by atoms with Crippen LogP contribution in [-0.2, 0) is 0 Å². The average molecular weight is 426 g/mol. The zero-order valence-electron chi connectivity index (χ0n) is 17.6. The number of aromatic amines is 1. The van der Waals surface area contributed by atoms with Gasteiger partial charge in [0.2, 0.25) is 5.89 Å². The van der Waals surface area contributed by atoms with Crippen molar-refractivity contribution in [2.24, 2.45) is 0 Å². The molecule has 4 heterocycles. The Morgan fingerprint density at radius 3 is 2.47 bits per heavy atom. The highest BCUT2D eigenvalue weighted by Crippen LogP contribution is 2.29. The van der Waals surface area contributed by atoms with Gasteiger partial charge in [-0.25, -0.2) is 15.0 Å². The number of phenolic OH excluding ortho intramolecular Hbond substituents is 1. The number of imidazole rings is 1. The summed E-state index contributed by atoms with van der Waals surface area (Å²) in [6.45, 7) is 4.02. The molecule has 0 bridgehead atoms. The lowest BCUT2D eigenvalue weighted by atomic mass is 10.2. The van der Waals surface area contributed by atoms with E-state index in [-0.39, 0.29) is 5.75 Å². The summed E-state index contributed by atoms with van der Waals surface area (Å²) >= 11 is 0. The lowest BCUT2D eigenvalue weighted by molar-refractivity contribution is 0.312. The van der Waals surface area contributed by atoms with Gasteiger partial charge in [-0.2, -0.15) is 0 Å². The van der Waals surface area contributed by atoms with Gasteiger partial charge in [0.05, 0.1) is 5.52 Å². The van der Waals surface area contributed by atoms with Crippen molar-refractivity contribution in [2.45, 2.75) is 0 Å². The van der Waals surface area contributed by atoms with E-state index in [1.807, 2.05) is 24.3 Å². The third kappa shape index (κ3) is 3.34. The second-order valence-corrected chi connectivity index (χ2v) is 8.16. The average Bonchev–Trinajstić information content (AvgIpc) is 3.43. The minimum Gasteiger partial charge on any atom is -0.508 e. The first-order valence-corrected chi connectivity index (χ1v) is 10.6. The first kappa shape index (κ1) is 18.8. The Morgan fingerprint density at radius 1 is 0.875 bits per heavy atom. The van der Waals surface area contributed by atoms with Gasteiger partial charge < -0.3 is 24.3 Å². The Labute approximate surface area is 184 Å². The van der Waals surface area contributed by atoms with Crippen molar-refractivity contribution >= 4 is 28.1 Å². The van der Waals surface area contributed by atoms with E-state index >= 15 is 0 Å². The molecule has 160 valence electrons. The number of hydrogen-bond donors (Lipinski definition) is 2. The molecule has 8 heteroatoms. The van der Waals surface area contributed by atoms with Gasteiger partial charge >= 0.3 is 0 Å². The van der Waals surface area contributed by atoms with Crippen LogP contribution < -0.4 is 4.90 Å². The number of likely N-dealkylation sites (N-methyl/N-ethyl adjacent to an activating group) is 1. The van der Waals surface area contributed by atoms with Gasteiger partial charge in [0, 0.05) is 37.3 Å². The minimum absolute atomic E-state index is 0.210. The molecule has 8 nitrogen and oxygen atoms in total. The minimum atomic E-state index is 0.210. The van der Waals surface area contributed by atoms with Crippen LogP contribution in [0.1, 0.15) is 0 Å². The molecule has 0 saturated carbocycles. The van der Waals surface area contributed by atoms with Crippen LogP contribution in [0.3, 0.4) is 0 Å². The molecule has 3 aromatic heterocycles. The molecule has 2 N–H and O–H groups in total. The van der Waals surface area contributed by atoms with Crippen LogP contribution in [0.4, 0.5) is 5.82 Å². The number of phenols is 1. The van der Waals surface area contributed by atoms with Gasteiger partial charge in [0.15, 0.2) is 11.2 Å². The molecule has 6 rings (SSSR count). The fraction of sp³-hybridized carbons (Fsp3) is 0.208. The number of piperazine rings is 1. The lowest BCUT2D eigenvalue weighted by Crippen LogP contribution is -2.44. The van der Waals surface area contributed by atoms with Gasteiger partial charge in [-0.1, -0.05) is 0 Å². The predicted molar refractivity (Wildman–Crippen MR) is 124 cm³/mol. The van der Waals surface area contributed by atoms with E-state index in [0.29, 0.717) is 17.1 Å². The Bertz CT molecular complexity index is 1410. The fourth-order valence-electron chi connectivity index (χ4n) is 4.03. The Kier molecular flexibility index (Phi) is 4.32. The molecular formula is C24H22N6O2. The molecule has 1 aliphatic heterocycles. The number of rotatable bonds is 3. The zero-order chi connectivity index (χ0) is 21.7. The standard InChI is InChI=1S/C24H22N6O2/c1-29-10-12-30(13-11-29)21-9-7-18-23(27-21)28-22(25-18)16-4-8-20-19(14-16)26-24(32-20)15-2-5-17(31)6-3-15/h2-9,14,31H,10-13H2,1H3,(H,25,27,28). The van der Waals surface area contributed by atoms with Crippen LogP contribution in [0.2, 0.25) is 0 Å². The van der Waals surface area contributed by atoms with Gasteiger partial charge in [0.25, 0.3) is 0 Å². The van der Waals surface area contributed by atoms with Crippen molar-refractivity contribution in [2.75, 3.05) is 38.1 Å². The summed E-state index contributed by atoms with van der Waals surface area (Å²) in [4.78, 5) is 22.2. The van der Waals surface area contributed by atoms with Gasteiger partial charge in [0.1, 0.15) is 22.9 Å². The zero-order valence-corrected chi connectivity index (χ0v) is 17.6. The van der Waals surface area contributed by atoms with Gasteiger partial charge in [-0.05, 0) is 61.6 Å². The number of hydrogen-bond acceptors (Lipinski definition) is 7. The van der Waals surface area contributed by atoms with E-state index in [4.69, 9.17) is 14.4 Å². The van der Waals surface area contributed by atoms with Crippen molar-refractivity contribution in [3.8, 4) is 28.6 Å². The molecule has 0 atom stereocenters. The highest BCUT2D eigenvalue weighted by molar-refractivity contribution is 5.83. The van der Waals surface area contributed by atoms with E-state index < -0.39 is 0 Å². The summed E-state index contributed by atoms with van der Waals surface area (Å²) in [5.41, 5.74) is 4.79. The molecule has 2 aromatic carbocycles. The summed E-state index contributed by atoms with van der Waals surface area (Å²) in [6.07, 6.45) is 0. The molecule has 0 aliphatic carbocycles. The fourth-order valence-corrected chi connectivity index (χ4v) is 4.03. The Balaban J connectivity index is 1.32. The number of nitrogens with zero attached hydrogens (tertiary/aromatic N) is 5. The summed E-state index contributed by atoms with van der Waals surface area (Å²) in [6, 6.07) is 16.7. The van der Waals surface area contributed by atoms with Crippen molar-refractivity contribution in [1.29, 1.82) is 0 Å². The van der Waals surface area contributed by atoms with E-state index in [1.54, 1.807) is 24.3 Å². The molecule has 0 radical (unpaired) electrons. The first-order valence-electron chi connectivity index (χ1n) is 10.6. The van der Waals surface area contributed by atoms with Crippen LogP contribution in [0, 0.1) is 0 Å². The van der Waals surface area contributed by atoms with Crippen LogP contribution in [0.5, 0.6) is 5.75 Å². The van der Waals surface area contributed by atoms with E-state index in [9.17, 15) is 5.11 Å². The smallest absolute Gasteiger partial charge is 0.227 e. The maximum atomic E-state index is 9.50. The Hall–Kier alpha value is -3.91. The molecule has 0 amide bonds. The molecule has 0 unspecified atom stereocenters. The maximum absolute atomic E-state index is 9.50. The molecule has 1 saturated heterocycles. The highest BCUT2D eigenvalue weighted by atomic mass is 16.3. The topological polar surface area (TPSA) is 94.3 Å². The molecular weight excluding hydrogens is 404 g/mol. The van der Waals surface area contributed by atoms with Crippen molar-refractivity contribution in [1.82, 2.24) is 24.8 Å². The molecule has 32 heavy (non-hydrogen) atoms. The van der Waals surface area contributed by atoms with Crippen LogP contribution in [0.25, 0.3) is 45.1 Å². The molecule has 1 fully saturated rings. The number of pyridine rings is 1. The number of aromatic hydroxyl groups is 1. The number of nitrogens with one attached hydrogen (secondary N) is 1. The monoisotopic (exact) mass is 426 g/mol. The predicted octanol–water partition coefficient (Wildman–Crippen LogP) is 3.89. The maximum Gasteiger partial charge on any atom is 0.227 e. The van der Waals surface area contributed by atoms with Gasteiger partial charge in [-0.15, -0.1) is 0 Å². The highest BCUT2D eigenvalue weighted by Gasteiger charge is 2.17. The molecule has 0 spiro atoms. The number of aromatic nitrogens is 4. The van der Waals surface area contributed by atoms with E-state index in [0.717, 1.165) is 60.0 Å². The summed E-state index contributed by atoms with van der Waals surface area (Å²) in [7, 11) is 2.15. The van der Waals surface area contributed by atoms with Crippen LogP contribution >= 0.6 is 0 Å². The molecule has 5 aromatic rings. The summed E-state index contributed by atoms with van der Waals surface area (Å²) in [5.74, 6) is 2.44. The number of oxazole rings is 1. The summed E-state index contributed by atoms with van der Waals surface area (Å²) < 4.78 is 5.89. The SMILES string of the molecule is CN1CCN(c2ccc3[nH]c(-c4ccc5oc(-c6ccc(O)cc6)nc5c4)nc3n2)CC1. The second-order valence-electron chi connectivity index (χ2n) is 8.16. The third-order valence-corrected chi connectivity index (χ3v) is 5.93. The normalized spacial score (nSPS) is 15.1. The molecule has 1 aliphatic rings. The van der Waals surface area contributed by atoms with Crippen molar-refractivity contribution in [3.63, 3.8) is 0 Å². The number of anilines is 1. The van der Waals surface area contributed by atoms with Crippen molar-refractivity contribution < 1.29 is 9.52 Å². The Morgan fingerprint density at radius 2 is 1.66 bits per heavy atom. The van der Waals surface area contributed by atoms with Crippen molar-refractivity contribution in [3.05, 3.63) is 54.6 Å². The quantitative estimate of drug-likeness (QED) is 0.452.